The van der Waals surface area contributed by atoms with Gasteiger partial charge in [-0.3, -0.25) is 4.90 Å². The predicted molar refractivity (Wildman–Crippen MR) is 75.0 cm³/mol. The van der Waals surface area contributed by atoms with Gasteiger partial charge >= 0.3 is 0 Å². The van der Waals surface area contributed by atoms with Crippen LogP contribution in [0.3, 0.4) is 0 Å². The maximum atomic E-state index is 9.53. The molecule has 0 bridgehead atoms. The lowest BCUT2D eigenvalue weighted by Crippen LogP contribution is -2.38. The second-order valence-corrected chi connectivity index (χ2v) is 4.43. The largest absolute Gasteiger partial charge is 0.392 e. The highest BCUT2D eigenvalue weighted by molar-refractivity contribution is 4.81. The molecule has 0 aliphatic carbocycles. The summed E-state index contributed by atoms with van der Waals surface area (Å²) in [5.41, 5.74) is 5.29. The van der Waals surface area contributed by atoms with Crippen molar-refractivity contribution in [2.45, 2.75) is 19.1 Å². The smallest absolute Gasteiger partial charge is 0.0845 e. The number of aliphatic hydroxyl groups is 2. The molecule has 0 aromatic rings. The van der Waals surface area contributed by atoms with Crippen LogP contribution in [-0.4, -0.2) is 79.9 Å². The Balaban J connectivity index is 3.70. The van der Waals surface area contributed by atoms with Gasteiger partial charge in [0, 0.05) is 26.2 Å². The summed E-state index contributed by atoms with van der Waals surface area (Å²) in [4.78, 5) is 1.94. The molecule has 2 unspecified atom stereocenters. The standard InChI is InChI=1S/C13H28N2O4/c1-3-13(17)11-15(10-12(2)16)5-7-19-9-8-18-6-4-14/h3,12-13,16-17H,1,4-11,14H2,2H3. The molecule has 19 heavy (non-hydrogen) atoms. The molecule has 0 aromatic carbocycles. The van der Waals surface area contributed by atoms with Crippen LogP contribution in [0, 0.1) is 0 Å². The molecule has 0 fully saturated rings. The van der Waals surface area contributed by atoms with Gasteiger partial charge in [-0.25, -0.2) is 0 Å². The Bertz CT molecular complexity index is 215. The molecule has 6 heteroatoms. The van der Waals surface area contributed by atoms with Crippen molar-refractivity contribution in [1.29, 1.82) is 0 Å². The van der Waals surface area contributed by atoms with Gasteiger partial charge in [0.2, 0.25) is 0 Å². The van der Waals surface area contributed by atoms with Crippen LogP contribution < -0.4 is 5.73 Å². The van der Waals surface area contributed by atoms with Crippen molar-refractivity contribution in [2.75, 3.05) is 52.6 Å². The van der Waals surface area contributed by atoms with Crippen molar-refractivity contribution in [3.05, 3.63) is 12.7 Å². The van der Waals surface area contributed by atoms with E-state index in [0.717, 1.165) is 0 Å². The lowest BCUT2D eigenvalue weighted by atomic mass is 10.3. The molecule has 4 N–H and O–H groups in total. The number of hydrogen-bond acceptors (Lipinski definition) is 6. The number of nitrogens with zero attached hydrogens (tertiary/aromatic N) is 1. The Morgan fingerprint density at radius 2 is 1.79 bits per heavy atom. The van der Waals surface area contributed by atoms with Gasteiger partial charge in [-0.05, 0) is 6.92 Å². The lowest BCUT2D eigenvalue weighted by Gasteiger charge is -2.25. The van der Waals surface area contributed by atoms with Crippen molar-refractivity contribution < 1.29 is 19.7 Å². The van der Waals surface area contributed by atoms with Gasteiger partial charge in [-0.15, -0.1) is 6.58 Å². The van der Waals surface area contributed by atoms with Crippen molar-refractivity contribution in [3.63, 3.8) is 0 Å². The summed E-state index contributed by atoms with van der Waals surface area (Å²) < 4.78 is 10.6. The summed E-state index contributed by atoms with van der Waals surface area (Å²) in [5.74, 6) is 0. The molecule has 0 aliphatic heterocycles. The fourth-order valence-electron chi connectivity index (χ4n) is 1.57. The van der Waals surface area contributed by atoms with E-state index in [2.05, 4.69) is 6.58 Å². The highest BCUT2D eigenvalue weighted by Gasteiger charge is 2.11. The Morgan fingerprint density at radius 1 is 1.16 bits per heavy atom. The summed E-state index contributed by atoms with van der Waals surface area (Å²) in [6.07, 6.45) is 0.452. The van der Waals surface area contributed by atoms with Crippen LogP contribution in [0.5, 0.6) is 0 Å². The van der Waals surface area contributed by atoms with Gasteiger partial charge in [0.25, 0.3) is 0 Å². The van der Waals surface area contributed by atoms with E-state index in [4.69, 9.17) is 15.2 Å². The molecule has 0 aromatic heterocycles. The van der Waals surface area contributed by atoms with Gasteiger partial charge in [0.05, 0.1) is 38.6 Å². The number of hydrogen-bond donors (Lipinski definition) is 3. The van der Waals surface area contributed by atoms with Gasteiger partial charge in [-0.2, -0.15) is 0 Å². The van der Waals surface area contributed by atoms with Crippen LogP contribution in [0.2, 0.25) is 0 Å². The fourth-order valence-corrected chi connectivity index (χ4v) is 1.57. The topological polar surface area (TPSA) is 88.2 Å². The van der Waals surface area contributed by atoms with E-state index in [-0.39, 0.29) is 0 Å². The third-order valence-corrected chi connectivity index (χ3v) is 2.43. The first-order chi connectivity index (χ1) is 9.10. The normalized spacial score (nSPS) is 14.6. The Kier molecular flexibility index (Phi) is 12.2. The third-order valence-electron chi connectivity index (χ3n) is 2.43. The third kappa shape index (κ3) is 12.3. The monoisotopic (exact) mass is 276 g/mol. The highest BCUT2D eigenvalue weighted by atomic mass is 16.5. The minimum Gasteiger partial charge on any atom is -0.392 e. The van der Waals surface area contributed by atoms with Crippen LogP contribution in [0.1, 0.15) is 6.92 Å². The first kappa shape index (κ1) is 18.5. The molecule has 0 radical (unpaired) electrons. The van der Waals surface area contributed by atoms with Crippen LogP contribution in [0.15, 0.2) is 12.7 Å². The predicted octanol–water partition coefficient (Wildman–Crippen LogP) is -0.792. The fraction of sp³-hybridized carbons (Fsp3) is 0.846. The van der Waals surface area contributed by atoms with Gasteiger partial charge in [0.15, 0.2) is 0 Å². The van der Waals surface area contributed by atoms with Crippen molar-refractivity contribution in [1.82, 2.24) is 4.90 Å². The van der Waals surface area contributed by atoms with E-state index in [0.29, 0.717) is 52.6 Å². The van der Waals surface area contributed by atoms with Crippen LogP contribution in [-0.2, 0) is 9.47 Å². The van der Waals surface area contributed by atoms with Gasteiger partial charge < -0.3 is 25.4 Å². The van der Waals surface area contributed by atoms with E-state index in [1.54, 1.807) is 6.92 Å². The van der Waals surface area contributed by atoms with Crippen molar-refractivity contribution in [2.24, 2.45) is 5.73 Å². The van der Waals surface area contributed by atoms with Crippen LogP contribution in [0.25, 0.3) is 0 Å². The summed E-state index contributed by atoms with van der Waals surface area (Å²) in [6.45, 7) is 9.48. The summed E-state index contributed by atoms with van der Waals surface area (Å²) in [6, 6.07) is 0. The molecule has 114 valence electrons. The molecule has 0 rings (SSSR count). The Morgan fingerprint density at radius 3 is 2.32 bits per heavy atom. The highest BCUT2D eigenvalue weighted by Crippen LogP contribution is 1.97. The zero-order valence-electron chi connectivity index (χ0n) is 11.8. The number of nitrogens with two attached hydrogens (primary N) is 1. The lowest BCUT2D eigenvalue weighted by molar-refractivity contribution is 0.0285. The second-order valence-electron chi connectivity index (χ2n) is 4.43. The zero-order valence-corrected chi connectivity index (χ0v) is 11.8. The Hall–Kier alpha value is -0.500. The minimum absolute atomic E-state index is 0.440. The van der Waals surface area contributed by atoms with Crippen molar-refractivity contribution >= 4 is 0 Å². The average molecular weight is 276 g/mol. The van der Waals surface area contributed by atoms with Gasteiger partial charge in [0.1, 0.15) is 0 Å². The maximum Gasteiger partial charge on any atom is 0.0845 e. The van der Waals surface area contributed by atoms with E-state index in [9.17, 15) is 10.2 Å². The first-order valence-corrected chi connectivity index (χ1v) is 6.66. The van der Waals surface area contributed by atoms with Gasteiger partial charge in [-0.1, -0.05) is 6.08 Å². The molecule has 0 saturated carbocycles. The van der Waals surface area contributed by atoms with Crippen molar-refractivity contribution in [3.8, 4) is 0 Å². The average Bonchev–Trinajstić information content (AvgIpc) is 2.36. The molecular formula is C13H28N2O4. The molecule has 0 aliphatic rings. The quantitative estimate of drug-likeness (QED) is 0.302. The number of ether oxygens (including phenoxy) is 2. The van der Waals surface area contributed by atoms with E-state index in [1.165, 1.54) is 6.08 Å². The molecule has 6 nitrogen and oxygen atoms in total. The van der Waals surface area contributed by atoms with Crippen LogP contribution in [0.4, 0.5) is 0 Å². The minimum atomic E-state index is -0.591. The molecule has 0 heterocycles. The number of aliphatic hydroxyl groups excluding tert-OH is 2. The zero-order chi connectivity index (χ0) is 14.5. The second kappa shape index (κ2) is 12.5. The Labute approximate surface area is 115 Å². The molecular weight excluding hydrogens is 248 g/mol. The summed E-state index contributed by atoms with van der Waals surface area (Å²) >= 11 is 0. The molecule has 0 amide bonds. The number of rotatable bonds is 13. The van der Waals surface area contributed by atoms with Crippen LogP contribution >= 0.6 is 0 Å². The summed E-state index contributed by atoms with van der Waals surface area (Å²) in [5, 5.41) is 18.9. The first-order valence-electron chi connectivity index (χ1n) is 6.66. The van der Waals surface area contributed by atoms with E-state index >= 15 is 0 Å². The summed E-state index contributed by atoms with van der Waals surface area (Å²) in [7, 11) is 0. The van der Waals surface area contributed by atoms with E-state index in [1.807, 2.05) is 4.90 Å². The SMILES string of the molecule is C=CC(O)CN(CCOCCOCCN)CC(C)O. The molecule has 0 spiro atoms. The van der Waals surface area contributed by atoms with E-state index < -0.39 is 12.2 Å². The molecule has 2 atom stereocenters. The maximum absolute atomic E-state index is 9.53. The molecule has 0 saturated heterocycles.